The van der Waals surface area contributed by atoms with Gasteiger partial charge in [-0.1, -0.05) is 20.8 Å². The molecule has 17 heavy (non-hydrogen) atoms. The van der Waals surface area contributed by atoms with E-state index in [4.69, 9.17) is 0 Å². The minimum absolute atomic E-state index is 0.592. The van der Waals surface area contributed by atoms with Crippen molar-refractivity contribution in [3.05, 3.63) is 35.1 Å². The van der Waals surface area contributed by atoms with E-state index in [0.29, 0.717) is 18.2 Å². The summed E-state index contributed by atoms with van der Waals surface area (Å²) in [5.74, 6) is -1.59. The highest BCUT2D eigenvalue weighted by Gasteiger charge is 2.37. The van der Waals surface area contributed by atoms with Gasteiger partial charge in [-0.3, -0.25) is 4.79 Å². The molecule has 0 atom stereocenters. The van der Waals surface area contributed by atoms with Crippen LogP contribution in [0.15, 0.2) is 18.2 Å². The van der Waals surface area contributed by atoms with Gasteiger partial charge in [-0.25, -0.2) is 4.39 Å². The normalized spacial score (nSPS) is 12.6. The minimum atomic E-state index is -4.66. The number of carbonyl (C=O) groups excluding carboxylic acids is 1. The summed E-state index contributed by atoms with van der Waals surface area (Å²) in [5.41, 5.74) is -2.71. The third-order valence-electron chi connectivity index (χ3n) is 2.21. The molecule has 0 aromatic heterocycles. The predicted molar refractivity (Wildman–Crippen MR) is 55.2 cm³/mol. The number of hydrogen-bond donors (Lipinski definition) is 0. The zero-order valence-electron chi connectivity index (χ0n) is 9.65. The Bertz CT molecular complexity index is 441. The Labute approximate surface area is 96.4 Å². The van der Waals surface area contributed by atoms with Crippen LogP contribution in [0, 0.1) is 11.2 Å². The Morgan fingerprint density at radius 3 is 2.06 bits per heavy atom. The number of rotatable bonds is 1. The number of benzene rings is 1. The number of ketones is 1. The first kappa shape index (κ1) is 13.7. The number of carbonyl (C=O) groups is 1. The first-order chi connectivity index (χ1) is 7.53. The molecule has 1 aromatic rings. The second-order valence-electron chi connectivity index (χ2n) is 4.77. The molecule has 94 valence electrons. The van der Waals surface area contributed by atoms with Gasteiger partial charge < -0.3 is 0 Å². The molecule has 0 saturated carbocycles. The van der Waals surface area contributed by atoms with Crippen molar-refractivity contribution in [1.29, 1.82) is 0 Å². The lowest BCUT2D eigenvalue weighted by Crippen LogP contribution is -2.24. The predicted octanol–water partition coefficient (Wildman–Crippen LogP) is 4.07. The van der Waals surface area contributed by atoms with E-state index in [1.807, 2.05) is 0 Å². The summed E-state index contributed by atoms with van der Waals surface area (Å²) in [6, 6.07) is 1.92. The summed E-state index contributed by atoms with van der Waals surface area (Å²) in [6.45, 7) is 4.46. The Kier molecular flexibility index (Phi) is 3.32. The number of alkyl halides is 3. The van der Waals surface area contributed by atoms with Crippen molar-refractivity contribution in [1.82, 2.24) is 0 Å². The average molecular weight is 248 g/mol. The van der Waals surface area contributed by atoms with E-state index in [2.05, 4.69) is 0 Å². The van der Waals surface area contributed by atoms with Gasteiger partial charge in [0.15, 0.2) is 5.78 Å². The van der Waals surface area contributed by atoms with Crippen LogP contribution < -0.4 is 0 Å². The maximum absolute atomic E-state index is 13.0. The molecule has 0 aliphatic carbocycles. The third-order valence-corrected chi connectivity index (χ3v) is 2.21. The highest BCUT2D eigenvalue weighted by atomic mass is 19.4. The lowest BCUT2D eigenvalue weighted by molar-refractivity contribution is -0.138. The largest absolute Gasteiger partial charge is 0.417 e. The van der Waals surface area contributed by atoms with Crippen molar-refractivity contribution in [2.45, 2.75) is 26.9 Å². The van der Waals surface area contributed by atoms with Gasteiger partial charge >= 0.3 is 6.18 Å². The SMILES string of the molecule is CC(C)(C)C(=O)c1cc(F)ccc1C(F)(F)F. The molecule has 1 nitrogen and oxygen atoms in total. The molecule has 0 heterocycles. The molecule has 0 aliphatic heterocycles. The Balaban J connectivity index is 3.41. The molecule has 0 unspecified atom stereocenters. The van der Waals surface area contributed by atoms with Crippen LogP contribution in [-0.2, 0) is 6.18 Å². The molecular weight excluding hydrogens is 236 g/mol. The molecular formula is C12H12F4O. The van der Waals surface area contributed by atoms with E-state index in [0.717, 1.165) is 0 Å². The van der Waals surface area contributed by atoms with Gasteiger partial charge in [0.2, 0.25) is 0 Å². The van der Waals surface area contributed by atoms with Crippen molar-refractivity contribution in [2.24, 2.45) is 5.41 Å². The highest BCUT2D eigenvalue weighted by Crippen LogP contribution is 2.35. The first-order valence-corrected chi connectivity index (χ1v) is 4.95. The van der Waals surface area contributed by atoms with Crippen molar-refractivity contribution in [3.63, 3.8) is 0 Å². The monoisotopic (exact) mass is 248 g/mol. The van der Waals surface area contributed by atoms with Crippen LogP contribution in [0.25, 0.3) is 0 Å². The minimum Gasteiger partial charge on any atom is -0.294 e. The molecule has 0 fully saturated rings. The summed E-state index contributed by atoms with van der Waals surface area (Å²) >= 11 is 0. The molecule has 0 radical (unpaired) electrons. The van der Waals surface area contributed by atoms with Crippen molar-refractivity contribution in [2.75, 3.05) is 0 Å². The zero-order valence-corrected chi connectivity index (χ0v) is 9.65. The molecule has 0 aliphatic rings. The Hall–Kier alpha value is -1.39. The molecule has 0 bridgehead atoms. The topological polar surface area (TPSA) is 17.1 Å². The number of halogens is 4. The van der Waals surface area contributed by atoms with Gasteiger partial charge in [0.25, 0.3) is 0 Å². The number of hydrogen-bond acceptors (Lipinski definition) is 1. The molecule has 0 N–H and O–H groups in total. The summed E-state index contributed by atoms with van der Waals surface area (Å²) in [5, 5.41) is 0. The van der Waals surface area contributed by atoms with Crippen molar-refractivity contribution < 1.29 is 22.4 Å². The van der Waals surface area contributed by atoms with Crippen LogP contribution in [0.4, 0.5) is 17.6 Å². The van der Waals surface area contributed by atoms with E-state index < -0.39 is 34.3 Å². The third kappa shape index (κ3) is 3.05. The van der Waals surface area contributed by atoms with Gasteiger partial charge in [0, 0.05) is 11.0 Å². The maximum atomic E-state index is 13.0. The van der Waals surface area contributed by atoms with E-state index in [9.17, 15) is 22.4 Å². The average Bonchev–Trinajstić information content (AvgIpc) is 2.13. The van der Waals surface area contributed by atoms with E-state index in [-0.39, 0.29) is 0 Å². The van der Waals surface area contributed by atoms with Gasteiger partial charge in [0.1, 0.15) is 5.82 Å². The molecule has 1 rings (SSSR count). The summed E-state index contributed by atoms with van der Waals surface area (Å²) in [6.07, 6.45) is -4.66. The zero-order chi connectivity index (χ0) is 13.4. The van der Waals surface area contributed by atoms with Gasteiger partial charge in [-0.15, -0.1) is 0 Å². The Morgan fingerprint density at radius 2 is 1.65 bits per heavy atom. The summed E-state index contributed by atoms with van der Waals surface area (Å²) in [7, 11) is 0. The maximum Gasteiger partial charge on any atom is 0.417 e. The van der Waals surface area contributed by atoms with Crippen LogP contribution in [0.3, 0.4) is 0 Å². The van der Waals surface area contributed by atoms with Crippen molar-refractivity contribution in [3.8, 4) is 0 Å². The second kappa shape index (κ2) is 4.13. The molecule has 0 amide bonds. The summed E-state index contributed by atoms with van der Waals surface area (Å²) < 4.78 is 50.9. The Morgan fingerprint density at radius 1 is 1.12 bits per heavy atom. The lowest BCUT2D eigenvalue weighted by Gasteiger charge is -2.20. The number of Topliss-reactive ketones (excluding diaryl/α,β-unsaturated/α-hetero) is 1. The summed E-state index contributed by atoms with van der Waals surface area (Å²) in [4.78, 5) is 11.8. The van der Waals surface area contributed by atoms with Crippen molar-refractivity contribution >= 4 is 5.78 Å². The smallest absolute Gasteiger partial charge is 0.294 e. The fraction of sp³-hybridized carbons (Fsp3) is 0.417. The molecule has 5 heteroatoms. The quantitative estimate of drug-likeness (QED) is 0.540. The van der Waals surface area contributed by atoms with Crippen LogP contribution in [0.1, 0.15) is 36.7 Å². The fourth-order valence-electron chi connectivity index (χ4n) is 1.36. The fourth-order valence-corrected chi connectivity index (χ4v) is 1.36. The van der Waals surface area contributed by atoms with E-state index in [1.165, 1.54) is 20.8 Å². The van der Waals surface area contributed by atoms with Crippen LogP contribution in [0.5, 0.6) is 0 Å². The van der Waals surface area contributed by atoms with Crippen LogP contribution in [-0.4, -0.2) is 5.78 Å². The second-order valence-corrected chi connectivity index (χ2v) is 4.77. The van der Waals surface area contributed by atoms with E-state index in [1.54, 1.807) is 0 Å². The highest BCUT2D eigenvalue weighted by molar-refractivity contribution is 6.01. The van der Waals surface area contributed by atoms with E-state index >= 15 is 0 Å². The van der Waals surface area contributed by atoms with Gasteiger partial charge in [-0.2, -0.15) is 13.2 Å². The van der Waals surface area contributed by atoms with Gasteiger partial charge in [-0.05, 0) is 18.2 Å². The van der Waals surface area contributed by atoms with Gasteiger partial charge in [0.05, 0.1) is 5.56 Å². The first-order valence-electron chi connectivity index (χ1n) is 4.95. The van der Waals surface area contributed by atoms with Crippen LogP contribution >= 0.6 is 0 Å². The van der Waals surface area contributed by atoms with Crippen LogP contribution in [0.2, 0.25) is 0 Å². The molecule has 0 spiro atoms. The molecule has 0 saturated heterocycles. The standard InChI is InChI=1S/C12H12F4O/c1-11(2,3)10(17)8-6-7(13)4-5-9(8)12(14,15)16/h4-6H,1-3H3. The molecule has 1 aromatic carbocycles. The lowest BCUT2D eigenvalue weighted by atomic mass is 9.84.